The van der Waals surface area contributed by atoms with E-state index in [9.17, 15) is 4.79 Å². The lowest BCUT2D eigenvalue weighted by atomic mass is 10.1. The third-order valence-electron chi connectivity index (χ3n) is 4.71. The lowest BCUT2D eigenvalue weighted by molar-refractivity contribution is -0.113. The van der Waals surface area contributed by atoms with Gasteiger partial charge in [0.25, 0.3) is 5.91 Å². The molecule has 4 rings (SSSR count). The van der Waals surface area contributed by atoms with Crippen LogP contribution in [-0.4, -0.2) is 10.2 Å². The minimum Gasteiger partial charge on any atom is -0.450 e. The zero-order valence-corrected chi connectivity index (χ0v) is 18.5. The molecule has 0 spiro atoms. The number of carbonyl (C=O) groups is 1. The van der Waals surface area contributed by atoms with Gasteiger partial charge in [0.15, 0.2) is 9.41 Å². The van der Waals surface area contributed by atoms with E-state index in [2.05, 4.69) is 12.1 Å². The monoisotopic (exact) mass is 437 g/mol. The number of rotatable bonds is 5. The van der Waals surface area contributed by atoms with Gasteiger partial charge in [0.05, 0.1) is 10.6 Å². The van der Waals surface area contributed by atoms with Gasteiger partial charge in [-0.2, -0.15) is 0 Å². The lowest BCUT2D eigenvalue weighted by Crippen LogP contribution is -2.28. The van der Waals surface area contributed by atoms with Crippen LogP contribution in [0.4, 0.5) is 5.69 Å². The molecule has 0 bridgehead atoms. The number of hydrogen-bond acceptors (Lipinski definition) is 5. The Balaban J connectivity index is 1.50. The van der Waals surface area contributed by atoms with Crippen molar-refractivity contribution in [2.24, 2.45) is 0 Å². The van der Waals surface area contributed by atoms with Crippen molar-refractivity contribution in [3.05, 3.63) is 88.0 Å². The first kappa shape index (κ1) is 20.0. The number of nitrogens with zero attached hydrogens (tertiary/aromatic N) is 1. The Morgan fingerprint density at radius 3 is 2.66 bits per heavy atom. The molecular weight excluding hydrogens is 418 g/mol. The normalized spacial score (nSPS) is 15.5. The van der Waals surface area contributed by atoms with E-state index in [0.717, 1.165) is 27.7 Å². The van der Waals surface area contributed by atoms with Crippen molar-refractivity contribution in [1.82, 2.24) is 0 Å². The molecule has 2 heterocycles. The van der Waals surface area contributed by atoms with Gasteiger partial charge >= 0.3 is 0 Å². The summed E-state index contributed by atoms with van der Waals surface area (Å²) in [5.74, 6) is 1.38. The lowest BCUT2D eigenvalue weighted by Gasteiger charge is -2.18. The Morgan fingerprint density at radius 2 is 1.86 bits per heavy atom. The van der Waals surface area contributed by atoms with Crippen molar-refractivity contribution >= 4 is 57.7 Å². The van der Waals surface area contributed by atoms with Gasteiger partial charge in [-0.15, -0.1) is 0 Å². The number of thioether (sulfide) groups is 2. The predicted molar refractivity (Wildman–Crippen MR) is 126 cm³/mol. The Kier molecular flexibility index (Phi) is 5.94. The van der Waals surface area contributed by atoms with E-state index in [0.29, 0.717) is 15.0 Å². The zero-order chi connectivity index (χ0) is 20.4. The molecule has 146 valence electrons. The Hall–Kier alpha value is -2.28. The van der Waals surface area contributed by atoms with Crippen LogP contribution in [0.2, 0.25) is 0 Å². The minimum absolute atomic E-state index is 0.108. The molecule has 1 aliphatic heterocycles. The first-order chi connectivity index (χ1) is 14.0. The maximum absolute atomic E-state index is 13.0. The Morgan fingerprint density at radius 1 is 1.07 bits per heavy atom. The molecule has 0 saturated carbocycles. The molecule has 1 amide bonds. The summed E-state index contributed by atoms with van der Waals surface area (Å²) in [4.78, 5) is 15.2. The largest absolute Gasteiger partial charge is 0.450 e. The number of hydrogen-bond donors (Lipinski definition) is 0. The third kappa shape index (κ3) is 4.34. The molecule has 29 heavy (non-hydrogen) atoms. The van der Waals surface area contributed by atoms with Gasteiger partial charge in [0.1, 0.15) is 5.76 Å². The van der Waals surface area contributed by atoms with Gasteiger partial charge in [0.2, 0.25) is 0 Å². The summed E-state index contributed by atoms with van der Waals surface area (Å²) in [6.45, 7) is 4.04. The number of benzene rings is 2. The van der Waals surface area contributed by atoms with Gasteiger partial charge in [0, 0.05) is 11.8 Å². The number of thiocarbonyl (C=S) groups is 1. The van der Waals surface area contributed by atoms with Crippen molar-refractivity contribution in [3.63, 3.8) is 0 Å². The van der Waals surface area contributed by atoms with Crippen molar-refractivity contribution < 1.29 is 9.21 Å². The second-order valence-electron chi connectivity index (χ2n) is 6.67. The highest BCUT2D eigenvalue weighted by molar-refractivity contribution is 8.27. The van der Waals surface area contributed by atoms with Crippen LogP contribution in [0.25, 0.3) is 6.08 Å². The number of amides is 1. The smallest absolute Gasteiger partial charge is 0.270 e. The summed E-state index contributed by atoms with van der Waals surface area (Å²) >= 11 is 8.43. The highest BCUT2D eigenvalue weighted by atomic mass is 32.2. The first-order valence-electron chi connectivity index (χ1n) is 9.13. The van der Waals surface area contributed by atoms with Crippen LogP contribution in [0.5, 0.6) is 0 Å². The first-order valence-corrected chi connectivity index (χ1v) is 11.3. The number of carbonyl (C=O) groups excluding carboxylic acids is 1. The number of anilines is 1. The van der Waals surface area contributed by atoms with Crippen molar-refractivity contribution in [2.45, 2.75) is 24.7 Å². The van der Waals surface area contributed by atoms with Crippen molar-refractivity contribution in [2.75, 3.05) is 4.90 Å². The summed E-state index contributed by atoms with van der Waals surface area (Å²) < 4.78 is 6.44. The van der Waals surface area contributed by atoms with Gasteiger partial charge in [-0.05, 0) is 48.7 Å². The molecule has 0 N–H and O–H groups in total. The molecule has 6 heteroatoms. The fraction of sp³-hybridized carbons (Fsp3) is 0.130. The summed E-state index contributed by atoms with van der Waals surface area (Å²) in [5, 5.41) is 0.824. The van der Waals surface area contributed by atoms with Crippen LogP contribution in [0.3, 0.4) is 0 Å². The molecule has 1 fully saturated rings. The van der Waals surface area contributed by atoms with Gasteiger partial charge in [-0.25, -0.2) is 0 Å². The average molecular weight is 438 g/mol. The second-order valence-corrected chi connectivity index (χ2v) is 9.32. The topological polar surface area (TPSA) is 33.5 Å². The number of furan rings is 1. The molecule has 1 saturated heterocycles. The second kappa shape index (κ2) is 8.61. The minimum atomic E-state index is -0.108. The van der Waals surface area contributed by atoms with Crippen molar-refractivity contribution in [3.8, 4) is 0 Å². The zero-order valence-electron chi connectivity index (χ0n) is 16.0. The molecule has 3 aromatic rings. The van der Waals surface area contributed by atoms with Crippen LogP contribution in [0.15, 0.2) is 75.1 Å². The van der Waals surface area contributed by atoms with Crippen molar-refractivity contribution in [1.29, 1.82) is 0 Å². The molecule has 0 atom stereocenters. The molecule has 1 aromatic heterocycles. The summed E-state index contributed by atoms with van der Waals surface area (Å²) in [6.07, 6.45) is 1.77. The molecule has 1 aliphatic rings. The third-order valence-corrected chi connectivity index (χ3v) is 6.99. The van der Waals surface area contributed by atoms with E-state index in [4.69, 9.17) is 16.6 Å². The molecular formula is C23H19NO2S3. The molecule has 0 radical (unpaired) electrons. The standard InChI is InChI=1S/C23H19NO2S3/c1-15-7-6-10-19(16(15)2)24-22(25)20(29-23(24)27)13-18-11-12-21(26-18)28-14-17-8-4-3-5-9-17/h3-13H,14H2,1-2H3/b20-13-. The molecule has 3 nitrogen and oxygen atoms in total. The number of aryl methyl sites for hydroxylation is 1. The summed E-state index contributed by atoms with van der Waals surface area (Å²) in [6, 6.07) is 20.0. The molecule has 0 unspecified atom stereocenters. The SMILES string of the molecule is Cc1cccc(N2C(=O)/C(=C/c3ccc(SCc4ccccc4)o3)SC2=S)c1C. The summed E-state index contributed by atoms with van der Waals surface area (Å²) in [7, 11) is 0. The van der Waals surface area contributed by atoms with Crippen LogP contribution in [0, 0.1) is 13.8 Å². The van der Waals surface area contributed by atoms with Gasteiger partial charge in [-0.3, -0.25) is 9.69 Å². The van der Waals surface area contributed by atoms with E-state index >= 15 is 0 Å². The quantitative estimate of drug-likeness (QED) is 0.255. The van der Waals surface area contributed by atoms with Gasteiger partial charge in [-0.1, -0.05) is 78.2 Å². The fourth-order valence-corrected chi connectivity index (χ4v) is 5.09. The van der Waals surface area contributed by atoms with Crippen LogP contribution in [0.1, 0.15) is 22.5 Å². The maximum atomic E-state index is 13.0. The summed E-state index contributed by atoms with van der Waals surface area (Å²) in [5.41, 5.74) is 4.27. The van der Waals surface area contributed by atoms with E-state index in [-0.39, 0.29) is 5.91 Å². The fourth-order valence-electron chi connectivity index (χ4n) is 3.00. The van der Waals surface area contributed by atoms with E-state index < -0.39 is 0 Å². The average Bonchev–Trinajstić information content (AvgIpc) is 3.28. The van der Waals surface area contributed by atoms with Crippen LogP contribution >= 0.6 is 35.7 Å². The van der Waals surface area contributed by atoms with Crippen LogP contribution < -0.4 is 4.90 Å². The van der Waals surface area contributed by atoms with Crippen LogP contribution in [-0.2, 0) is 10.5 Å². The van der Waals surface area contributed by atoms with E-state index in [1.165, 1.54) is 17.3 Å². The van der Waals surface area contributed by atoms with E-state index in [1.54, 1.807) is 22.7 Å². The maximum Gasteiger partial charge on any atom is 0.270 e. The Bertz CT molecular complexity index is 1100. The Labute approximate surface area is 184 Å². The predicted octanol–water partition coefficient (Wildman–Crippen LogP) is 6.59. The molecule has 0 aliphatic carbocycles. The van der Waals surface area contributed by atoms with Gasteiger partial charge < -0.3 is 4.42 Å². The van der Waals surface area contributed by atoms with E-state index in [1.807, 2.05) is 62.4 Å². The highest BCUT2D eigenvalue weighted by Crippen LogP contribution is 2.38. The highest BCUT2D eigenvalue weighted by Gasteiger charge is 2.34. The molecule has 2 aromatic carbocycles.